The fourth-order valence-corrected chi connectivity index (χ4v) is 22.9. The maximum Gasteiger partial charge on any atom is 0.259 e. The zero-order valence-electron chi connectivity index (χ0n) is 55.5. The van der Waals surface area contributed by atoms with Gasteiger partial charge in [0.05, 0.1) is 66.2 Å². The van der Waals surface area contributed by atoms with Crippen LogP contribution in [0.25, 0.3) is 116 Å². The number of amides is 2. The van der Waals surface area contributed by atoms with Crippen LogP contribution in [0.4, 0.5) is 11.4 Å². The second kappa shape index (κ2) is 35.2. The molecule has 14 aromatic rings. The molecule has 23 heteroatoms. The van der Waals surface area contributed by atoms with E-state index in [-0.39, 0.29) is 11.8 Å². The highest BCUT2D eigenvalue weighted by Gasteiger charge is 2.42. The molecule has 0 atom stereocenters. The van der Waals surface area contributed by atoms with Gasteiger partial charge in [0.25, 0.3) is 11.8 Å². The molecule has 2 aromatic carbocycles. The smallest absolute Gasteiger partial charge is 0.259 e. The fourth-order valence-electron chi connectivity index (χ4n) is 11.4. The second-order valence-electron chi connectivity index (χ2n) is 22.9. The zero-order valence-corrected chi connectivity index (χ0v) is 68.5. The molecule has 16 rings (SSSR count). The van der Waals surface area contributed by atoms with Crippen LogP contribution in [0, 0.1) is 35.8 Å². The molecule has 516 valence electrons. The fraction of sp³-hybridized carbons (Fsp3) is 0.0854. The predicted octanol–water partition coefficient (Wildman–Crippen LogP) is 28.2. The van der Waals surface area contributed by atoms with E-state index >= 15 is 0 Å². The lowest BCUT2D eigenvalue weighted by Gasteiger charge is -2.17. The molecule has 0 saturated carbocycles. The van der Waals surface area contributed by atoms with Crippen LogP contribution in [0.5, 0.6) is 0 Å². The summed E-state index contributed by atoms with van der Waals surface area (Å²) in [5.41, 5.74) is 8.24. The molecule has 2 aliphatic heterocycles. The van der Waals surface area contributed by atoms with Gasteiger partial charge in [-0.3, -0.25) is 14.4 Å². The minimum absolute atomic E-state index is 0.136. The van der Waals surface area contributed by atoms with E-state index in [0.717, 1.165) is 133 Å². The lowest BCUT2D eigenvalue weighted by molar-refractivity contribution is -0.114. The first-order valence-corrected chi connectivity index (χ1v) is 44.0. The summed E-state index contributed by atoms with van der Waals surface area (Å²) in [6, 6.07) is 65.7. The highest BCUT2D eigenvalue weighted by Crippen LogP contribution is 2.51. The Bertz CT molecular complexity index is 5530. The summed E-state index contributed by atoms with van der Waals surface area (Å²) in [5.74, 6) is -0.272. The second-order valence-corrected chi connectivity index (χ2v) is 38.3. The van der Waals surface area contributed by atoms with Gasteiger partial charge in [-0.05, 0) is 217 Å². The number of benzene rings is 2. The standard InChI is InChI=1S/C52H36N4O2S6.C15H8BrNS3.C9H5BrOS2.C6H5NS/c1-4-22-55-39-27-31(42-18-20-47(63-42)45-16-12-34(61-45)26-33(30-53)41-8-6-24-59-41)10-14-36(39)49(51(55)57)50-37-15-11-32(28-40(37)56(23-5-2)52(50)58)43-19-21-48(64-43)46-17-13-35(62-46)29-38(54-3)44-9-7-25-60-44;1-17-11(12-3-2-8-18-12)9-10-4-5-13(19-10)14-6-7-15(16)20-14;10-9-4-3-8(13-9)7-2-1-6(5-11)12-7;7-4-3-6-2-1-5-8-6/h6-21,24-29H,4-5,22-23H2,1-2H3;2-9H;1-5H;1-2,5H,3H2/b33-26+,38-29-,50-49+;11-9-;;. The van der Waals surface area contributed by atoms with Gasteiger partial charge in [-0.15, -0.1) is 113 Å². The third kappa shape index (κ3) is 17.4. The highest BCUT2D eigenvalue weighted by molar-refractivity contribution is 9.11. The van der Waals surface area contributed by atoms with Crippen LogP contribution in [-0.4, -0.2) is 31.2 Å². The maximum atomic E-state index is 14.6. The first-order chi connectivity index (χ1) is 51.3. The summed E-state index contributed by atoms with van der Waals surface area (Å²) in [6.07, 6.45) is 8.87. The van der Waals surface area contributed by atoms with Gasteiger partial charge in [0.15, 0.2) is 6.29 Å². The number of aldehydes is 1. The summed E-state index contributed by atoms with van der Waals surface area (Å²) in [5, 5.41) is 25.9. The average molecular weight is 1720 g/mol. The van der Waals surface area contributed by atoms with Gasteiger partial charge in [-0.2, -0.15) is 33.2 Å². The summed E-state index contributed by atoms with van der Waals surface area (Å²) in [7, 11) is 0. The Kier molecular flexibility index (Phi) is 25.0. The third-order valence-corrected chi connectivity index (χ3v) is 30.0. The molecule has 12 aromatic heterocycles. The Labute approximate surface area is 673 Å². The Morgan fingerprint density at radius 3 is 1.20 bits per heavy atom. The van der Waals surface area contributed by atoms with E-state index in [1.54, 1.807) is 125 Å². The molecular weight excluding hydrogens is 1660 g/mol. The van der Waals surface area contributed by atoms with Crippen LogP contribution in [0.15, 0.2) is 211 Å². The zero-order chi connectivity index (χ0) is 72.9. The lowest BCUT2D eigenvalue weighted by atomic mass is 9.95. The Hall–Kier alpha value is -8.67. The van der Waals surface area contributed by atoms with Crippen molar-refractivity contribution in [3.05, 3.63) is 284 Å². The van der Waals surface area contributed by atoms with Crippen molar-refractivity contribution in [2.75, 3.05) is 22.9 Å². The minimum Gasteiger partial charge on any atom is -0.308 e. The summed E-state index contributed by atoms with van der Waals surface area (Å²) < 4.78 is 2.25. The number of hydrogen-bond acceptors (Lipinski definition) is 17. The van der Waals surface area contributed by atoms with Crippen molar-refractivity contribution in [1.29, 1.82) is 10.5 Å². The van der Waals surface area contributed by atoms with E-state index in [1.807, 2.05) is 128 Å². The van der Waals surface area contributed by atoms with Crippen molar-refractivity contribution >= 4 is 244 Å². The van der Waals surface area contributed by atoms with Gasteiger partial charge in [0.2, 0.25) is 11.4 Å². The van der Waals surface area contributed by atoms with Gasteiger partial charge < -0.3 is 9.80 Å². The van der Waals surface area contributed by atoms with Crippen LogP contribution >= 0.6 is 168 Å². The number of nitrogens with zero attached hydrogens (tertiary/aromatic N) is 6. The SMILES string of the molecule is N#CCc1cccs1.O=Cc1ccc(-c2ccc(Br)s2)s1.[C-]#[N+]/C(=C\c1ccc(-c2ccc(-c3ccc4c(c3)N(CCC)C(=O)/C4=C3/C(=O)N(CCC)c4cc(-c5ccc(-c6ccc(/C=C(\C#N)c7cccs7)s6)s5)ccc43)s2)s1)c1cccs1.[C-]#[N+]/C(=C\c1ccc(-c2ccc(Br)s2)s1)c1cccs1. The number of carbonyl (C=O) groups is 3. The van der Waals surface area contributed by atoms with Crippen molar-refractivity contribution in [3.63, 3.8) is 0 Å². The van der Waals surface area contributed by atoms with Gasteiger partial charge in [0, 0.05) is 107 Å². The molecule has 0 radical (unpaired) electrons. The van der Waals surface area contributed by atoms with Crippen molar-refractivity contribution in [1.82, 2.24) is 0 Å². The monoisotopic (exact) mass is 1710 g/mol. The molecule has 0 spiro atoms. The van der Waals surface area contributed by atoms with E-state index in [1.165, 1.54) is 26.0 Å². The van der Waals surface area contributed by atoms with Gasteiger partial charge in [-0.1, -0.05) is 74.5 Å². The van der Waals surface area contributed by atoms with Crippen LogP contribution in [-0.2, 0) is 16.0 Å². The normalized spacial score (nSPS) is 13.2. The van der Waals surface area contributed by atoms with Crippen LogP contribution in [0.3, 0.4) is 0 Å². The average Bonchev–Trinajstić information content (AvgIpc) is 1.57. The van der Waals surface area contributed by atoms with E-state index in [9.17, 15) is 19.6 Å². The van der Waals surface area contributed by atoms with E-state index in [2.05, 4.69) is 171 Å². The van der Waals surface area contributed by atoms with E-state index < -0.39 is 0 Å². The highest BCUT2D eigenvalue weighted by atomic mass is 79.9. The summed E-state index contributed by atoms with van der Waals surface area (Å²) >= 11 is 26.6. The number of halogens is 2. The first-order valence-electron chi connectivity index (χ1n) is 32.4. The molecule has 0 N–H and O–H groups in total. The topological polar surface area (TPSA) is 114 Å². The van der Waals surface area contributed by atoms with Gasteiger partial charge in [0.1, 0.15) is 6.07 Å². The van der Waals surface area contributed by atoms with E-state index in [4.69, 9.17) is 18.4 Å². The predicted molar refractivity (Wildman–Crippen MR) is 463 cm³/mol. The Morgan fingerprint density at radius 1 is 0.448 bits per heavy atom. The van der Waals surface area contributed by atoms with Gasteiger partial charge >= 0.3 is 0 Å². The molecule has 9 nitrogen and oxygen atoms in total. The van der Waals surface area contributed by atoms with Crippen LogP contribution in [0.2, 0.25) is 0 Å². The molecule has 2 amide bonds. The van der Waals surface area contributed by atoms with E-state index in [0.29, 0.717) is 47.6 Å². The largest absolute Gasteiger partial charge is 0.308 e. The number of carbonyl (C=O) groups excluding carboxylic acids is 3. The van der Waals surface area contributed by atoms with Crippen molar-refractivity contribution in [3.8, 4) is 72.0 Å². The number of hydrogen-bond donors (Lipinski definition) is 0. The molecule has 14 heterocycles. The quantitative estimate of drug-likeness (QED) is 0.0367. The molecule has 0 bridgehead atoms. The third-order valence-electron chi connectivity index (χ3n) is 16.1. The number of anilines is 2. The molecule has 0 unspecified atom stereocenters. The number of allylic oxidation sites excluding steroid dienone is 1. The molecule has 105 heavy (non-hydrogen) atoms. The summed E-state index contributed by atoms with van der Waals surface area (Å²) in [4.78, 5) is 70.4. The number of fused-ring (bicyclic) bond motifs is 2. The number of rotatable bonds is 18. The number of thiophene rings is 12. The molecular formula is C82H54Br2N6O3S12. The molecule has 2 aliphatic rings. The molecule has 0 fully saturated rings. The molecule has 0 saturated heterocycles. The van der Waals surface area contributed by atoms with Gasteiger partial charge in [-0.25, -0.2) is 9.69 Å². The minimum atomic E-state index is -0.136. The molecule has 0 aliphatic carbocycles. The first kappa shape index (κ1) is 74.6. The van der Waals surface area contributed by atoms with Crippen LogP contribution < -0.4 is 9.80 Å². The Balaban J connectivity index is 0.000000190. The lowest BCUT2D eigenvalue weighted by Crippen LogP contribution is -2.29. The van der Waals surface area contributed by atoms with Crippen molar-refractivity contribution in [2.24, 2.45) is 0 Å². The van der Waals surface area contributed by atoms with Crippen molar-refractivity contribution in [2.45, 2.75) is 33.1 Å². The number of nitriles is 2. The van der Waals surface area contributed by atoms with Crippen LogP contribution in [0.1, 0.15) is 81.6 Å². The van der Waals surface area contributed by atoms with Crippen molar-refractivity contribution < 1.29 is 14.4 Å². The summed E-state index contributed by atoms with van der Waals surface area (Å²) in [6.45, 7) is 20.2. The maximum absolute atomic E-state index is 14.6. The Morgan fingerprint density at radius 2 is 0.829 bits per heavy atom.